The Morgan fingerprint density at radius 1 is 1.38 bits per heavy atom. The lowest BCUT2D eigenvalue weighted by Gasteiger charge is -2.25. The molecule has 116 valence electrons. The van der Waals surface area contributed by atoms with Gasteiger partial charge in [0.05, 0.1) is 11.0 Å². The molecule has 1 N–H and O–H groups in total. The molecule has 0 spiro atoms. The summed E-state index contributed by atoms with van der Waals surface area (Å²) in [6.07, 6.45) is 2.54. The third-order valence-electron chi connectivity index (χ3n) is 3.92. The van der Waals surface area contributed by atoms with Gasteiger partial charge in [-0.15, -0.1) is 0 Å². The van der Waals surface area contributed by atoms with E-state index in [1.54, 1.807) is 19.1 Å². The van der Waals surface area contributed by atoms with Gasteiger partial charge in [0.15, 0.2) is 0 Å². The van der Waals surface area contributed by atoms with Crippen LogP contribution < -0.4 is 4.90 Å². The minimum atomic E-state index is -0.692. The first-order chi connectivity index (χ1) is 9.90. The van der Waals surface area contributed by atoms with Crippen LogP contribution in [0.15, 0.2) is 18.2 Å². The molecule has 1 atom stereocenters. The molecule has 0 saturated heterocycles. The van der Waals surface area contributed by atoms with Crippen molar-refractivity contribution in [3.8, 4) is 0 Å². The van der Waals surface area contributed by atoms with E-state index in [0.717, 1.165) is 25.8 Å². The Balaban J connectivity index is 2.32. The lowest BCUT2D eigenvalue weighted by Crippen LogP contribution is -2.28. The van der Waals surface area contributed by atoms with Gasteiger partial charge in [0.1, 0.15) is 5.69 Å². The molecule has 0 radical (unpaired) electrons. The van der Waals surface area contributed by atoms with Crippen molar-refractivity contribution in [2.75, 3.05) is 11.4 Å². The third kappa shape index (κ3) is 3.94. The molecule has 0 amide bonds. The third-order valence-corrected chi connectivity index (χ3v) is 3.92. The van der Waals surface area contributed by atoms with Crippen molar-refractivity contribution in [2.45, 2.75) is 52.2 Å². The van der Waals surface area contributed by atoms with Crippen molar-refractivity contribution >= 4 is 11.4 Å². The number of nitro benzene ring substituents is 1. The number of hydrogen-bond donors (Lipinski definition) is 1. The smallest absolute Gasteiger partial charge is 0.292 e. The van der Waals surface area contributed by atoms with E-state index in [2.05, 4.69) is 18.7 Å². The lowest BCUT2D eigenvalue weighted by atomic mass is 10.1. The highest BCUT2D eigenvalue weighted by atomic mass is 16.6. The minimum Gasteiger partial charge on any atom is -0.389 e. The number of hydrogen-bond acceptors (Lipinski definition) is 4. The standard InChI is InChI=1S/C16H24N2O3/c1-11(2)8-9-17(14-5-6-14)15-7-4-13(12(3)19)10-16(15)18(20)21/h4,7,10-12,14,19H,5-6,8-9H2,1-3H3/t12-/m1/s1. The summed E-state index contributed by atoms with van der Waals surface area (Å²) in [5.41, 5.74) is 1.38. The van der Waals surface area contributed by atoms with Crippen molar-refractivity contribution in [2.24, 2.45) is 5.92 Å². The van der Waals surface area contributed by atoms with Crippen LogP contribution in [0.1, 0.15) is 51.7 Å². The molecule has 0 bridgehead atoms. The predicted molar refractivity (Wildman–Crippen MR) is 83.6 cm³/mol. The van der Waals surface area contributed by atoms with Crippen LogP contribution in [-0.2, 0) is 0 Å². The molecule has 5 heteroatoms. The van der Waals surface area contributed by atoms with E-state index >= 15 is 0 Å². The number of benzene rings is 1. The van der Waals surface area contributed by atoms with Gasteiger partial charge in [0.2, 0.25) is 0 Å². The van der Waals surface area contributed by atoms with E-state index in [0.29, 0.717) is 23.2 Å². The molecule has 1 aliphatic carbocycles. The second-order valence-electron chi connectivity index (χ2n) is 6.29. The average Bonchev–Trinajstić information content (AvgIpc) is 3.23. The molecule has 0 aromatic heterocycles. The molecular formula is C16H24N2O3. The predicted octanol–water partition coefficient (Wildman–Crippen LogP) is 3.66. The first kappa shape index (κ1) is 15.8. The van der Waals surface area contributed by atoms with Crippen LogP contribution in [0.25, 0.3) is 0 Å². The van der Waals surface area contributed by atoms with Crippen LogP contribution in [0.2, 0.25) is 0 Å². The molecule has 1 aliphatic rings. The van der Waals surface area contributed by atoms with Gasteiger partial charge in [-0.3, -0.25) is 10.1 Å². The first-order valence-corrected chi connectivity index (χ1v) is 7.63. The Morgan fingerprint density at radius 3 is 2.52 bits per heavy atom. The van der Waals surface area contributed by atoms with Gasteiger partial charge in [0, 0.05) is 18.7 Å². The molecule has 0 aliphatic heterocycles. The topological polar surface area (TPSA) is 66.6 Å². The number of aliphatic hydroxyl groups is 1. The number of aliphatic hydroxyl groups excluding tert-OH is 1. The van der Waals surface area contributed by atoms with Gasteiger partial charge in [0.25, 0.3) is 5.69 Å². The van der Waals surface area contributed by atoms with Gasteiger partial charge in [-0.1, -0.05) is 19.9 Å². The quantitative estimate of drug-likeness (QED) is 0.615. The average molecular weight is 292 g/mol. The van der Waals surface area contributed by atoms with Crippen LogP contribution >= 0.6 is 0 Å². The Kier molecular flexibility index (Phi) is 4.83. The normalized spacial score (nSPS) is 16.0. The van der Waals surface area contributed by atoms with Crippen LogP contribution in [-0.4, -0.2) is 22.6 Å². The number of nitro groups is 1. The zero-order valence-electron chi connectivity index (χ0n) is 13.0. The molecular weight excluding hydrogens is 268 g/mol. The molecule has 1 fully saturated rings. The van der Waals surface area contributed by atoms with Crippen molar-refractivity contribution in [3.05, 3.63) is 33.9 Å². The zero-order valence-corrected chi connectivity index (χ0v) is 13.0. The molecule has 1 aromatic rings. The van der Waals surface area contributed by atoms with Crippen LogP contribution in [0.5, 0.6) is 0 Å². The summed E-state index contributed by atoms with van der Waals surface area (Å²) in [4.78, 5) is 13.2. The number of anilines is 1. The summed E-state index contributed by atoms with van der Waals surface area (Å²) < 4.78 is 0. The first-order valence-electron chi connectivity index (χ1n) is 7.63. The molecule has 1 aromatic carbocycles. The Hall–Kier alpha value is -1.62. The van der Waals surface area contributed by atoms with Gasteiger partial charge in [-0.25, -0.2) is 0 Å². The molecule has 21 heavy (non-hydrogen) atoms. The lowest BCUT2D eigenvalue weighted by molar-refractivity contribution is -0.384. The Morgan fingerprint density at radius 2 is 2.05 bits per heavy atom. The fourth-order valence-corrected chi connectivity index (χ4v) is 2.47. The highest BCUT2D eigenvalue weighted by Gasteiger charge is 2.33. The van der Waals surface area contributed by atoms with E-state index in [-0.39, 0.29) is 10.6 Å². The maximum absolute atomic E-state index is 11.4. The van der Waals surface area contributed by atoms with Crippen molar-refractivity contribution in [1.29, 1.82) is 0 Å². The van der Waals surface area contributed by atoms with Crippen molar-refractivity contribution in [1.82, 2.24) is 0 Å². The maximum atomic E-state index is 11.4. The van der Waals surface area contributed by atoms with Gasteiger partial charge < -0.3 is 10.0 Å². The zero-order chi connectivity index (χ0) is 15.6. The molecule has 5 nitrogen and oxygen atoms in total. The molecule has 2 rings (SSSR count). The second-order valence-corrected chi connectivity index (χ2v) is 6.29. The molecule has 0 unspecified atom stereocenters. The maximum Gasteiger partial charge on any atom is 0.292 e. The summed E-state index contributed by atoms with van der Waals surface area (Å²) in [5, 5.41) is 21.0. The highest BCUT2D eigenvalue weighted by molar-refractivity contribution is 5.65. The highest BCUT2D eigenvalue weighted by Crippen LogP contribution is 2.38. The van der Waals surface area contributed by atoms with Crippen LogP contribution in [0.3, 0.4) is 0 Å². The fraction of sp³-hybridized carbons (Fsp3) is 0.625. The van der Waals surface area contributed by atoms with Gasteiger partial charge in [-0.05, 0) is 43.7 Å². The summed E-state index contributed by atoms with van der Waals surface area (Å²) >= 11 is 0. The van der Waals surface area contributed by atoms with Gasteiger partial charge >= 0.3 is 0 Å². The monoisotopic (exact) mass is 292 g/mol. The van der Waals surface area contributed by atoms with E-state index in [9.17, 15) is 15.2 Å². The van der Waals surface area contributed by atoms with Crippen molar-refractivity contribution < 1.29 is 10.0 Å². The summed E-state index contributed by atoms with van der Waals surface area (Å²) in [6.45, 7) is 6.79. The second kappa shape index (κ2) is 6.43. The van der Waals surface area contributed by atoms with E-state index < -0.39 is 6.10 Å². The minimum absolute atomic E-state index is 0.101. The molecule has 0 heterocycles. The van der Waals surface area contributed by atoms with E-state index in [1.807, 2.05) is 0 Å². The van der Waals surface area contributed by atoms with Crippen molar-refractivity contribution in [3.63, 3.8) is 0 Å². The summed E-state index contributed by atoms with van der Waals surface area (Å²) in [7, 11) is 0. The van der Waals surface area contributed by atoms with Gasteiger partial charge in [-0.2, -0.15) is 0 Å². The van der Waals surface area contributed by atoms with Crippen LogP contribution in [0.4, 0.5) is 11.4 Å². The largest absolute Gasteiger partial charge is 0.389 e. The van der Waals surface area contributed by atoms with E-state index in [4.69, 9.17) is 0 Å². The summed E-state index contributed by atoms with van der Waals surface area (Å²) in [6, 6.07) is 5.52. The number of rotatable bonds is 7. The number of nitrogens with zero attached hydrogens (tertiary/aromatic N) is 2. The fourth-order valence-electron chi connectivity index (χ4n) is 2.47. The summed E-state index contributed by atoms with van der Waals surface area (Å²) in [5.74, 6) is 0.571. The Labute approximate surface area is 125 Å². The molecule has 1 saturated carbocycles. The Bertz CT molecular complexity index is 510. The van der Waals surface area contributed by atoms with Crippen LogP contribution in [0, 0.1) is 16.0 Å². The SMILES string of the molecule is CC(C)CCN(c1ccc([C@@H](C)O)cc1[N+](=O)[O-])C1CC1. The van der Waals surface area contributed by atoms with E-state index in [1.165, 1.54) is 6.07 Å².